The molecule has 0 fully saturated rings. The molecule has 0 saturated heterocycles. The topological polar surface area (TPSA) is 72.9 Å². The molecular weight excluding hydrogens is 434 g/mol. The first kappa shape index (κ1) is 19.7. The Labute approximate surface area is 167 Å². The van der Waals surface area contributed by atoms with Gasteiger partial charge in [-0.15, -0.1) is 0 Å². The highest BCUT2D eigenvalue weighted by Crippen LogP contribution is 2.31. The molecule has 0 spiro atoms. The van der Waals surface area contributed by atoms with Crippen molar-refractivity contribution < 1.29 is 22.7 Å². The maximum Gasteiger partial charge on any atom is 0.237 e. The molecular formula is C19H20BrNO5S. The molecule has 0 atom stereocenters. The van der Waals surface area contributed by atoms with Crippen LogP contribution in [0.1, 0.15) is 11.1 Å². The smallest absolute Gasteiger partial charge is 0.237 e. The van der Waals surface area contributed by atoms with Gasteiger partial charge in [0.2, 0.25) is 5.91 Å². The summed E-state index contributed by atoms with van der Waals surface area (Å²) in [6.07, 6.45) is 0. The average molecular weight is 454 g/mol. The SMILES string of the molecule is CN(Cc1ccc2c(c1)OCCO2)C(=O)CS(=O)(=O)Cc1cccc(Br)c1. The van der Waals surface area contributed by atoms with Crippen molar-refractivity contribution in [2.24, 2.45) is 0 Å². The van der Waals surface area contributed by atoms with Crippen LogP contribution in [0.15, 0.2) is 46.9 Å². The molecule has 0 N–H and O–H groups in total. The molecule has 0 aromatic heterocycles. The van der Waals surface area contributed by atoms with E-state index in [1.807, 2.05) is 18.2 Å². The fraction of sp³-hybridized carbons (Fsp3) is 0.316. The van der Waals surface area contributed by atoms with Crippen molar-refractivity contribution in [2.45, 2.75) is 12.3 Å². The quantitative estimate of drug-likeness (QED) is 0.672. The summed E-state index contributed by atoms with van der Waals surface area (Å²) in [5.74, 6) is 0.175. The lowest BCUT2D eigenvalue weighted by Gasteiger charge is -2.21. The van der Waals surface area contributed by atoms with Gasteiger partial charge in [0, 0.05) is 18.1 Å². The Hall–Kier alpha value is -2.06. The second kappa shape index (κ2) is 8.31. The molecule has 0 bridgehead atoms. The van der Waals surface area contributed by atoms with Gasteiger partial charge in [-0.05, 0) is 35.4 Å². The van der Waals surface area contributed by atoms with Crippen molar-refractivity contribution in [3.05, 3.63) is 58.1 Å². The van der Waals surface area contributed by atoms with Crippen molar-refractivity contribution in [1.82, 2.24) is 4.90 Å². The van der Waals surface area contributed by atoms with Gasteiger partial charge in [-0.2, -0.15) is 0 Å². The average Bonchev–Trinajstić information content (AvgIpc) is 2.60. The first-order valence-corrected chi connectivity index (χ1v) is 11.0. The van der Waals surface area contributed by atoms with Crippen molar-refractivity contribution >= 4 is 31.7 Å². The van der Waals surface area contributed by atoms with E-state index >= 15 is 0 Å². The van der Waals surface area contributed by atoms with Gasteiger partial charge >= 0.3 is 0 Å². The summed E-state index contributed by atoms with van der Waals surface area (Å²) in [6, 6.07) is 12.5. The molecule has 0 radical (unpaired) electrons. The van der Waals surface area contributed by atoms with Gasteiger partial charge in [0.25, 0.3) is 0 Å². The third-order valence-corrected chi connectivity index (χ3v) is 6.02. The van der Waals surface area contributed by atoms with Crippen LogP contribution in [0.25, 0.3) is 0 Å². The molecule has 6 nitrogen and oxygen atoms in total. The van der Waals surface area contributed by atoms with E-state index in [0.29, 0.717) is 36.8 Å². The molecule has 2 aromatic carbocycles. The molecule has 2 aromatic rings. The lowest BCUT2D eigenvalue weighted by molar-refractivity contribution is -0.127. The zero-order valence-electron chi connectivity index (χ0n) is 14.9. The van der Waals surface area contributed by atoms with Gasteiger partial charge in [0.15, 0.2) is 21.3 Å². The van der Waals surface area contributed by atoms with Crippen molar-refractivity contribution in [3.63, 3.8) is 0 Å². The second-order valence-electron chi connectivity index (χ2n) is 6.39. The maximum atomic E-state index is 12.4. The Balaban J connectivity index is 1.61. The number of fused-ring (bicyclic) bond motifs is 1. The standard InChI is InChI=1S/C19H20BrNO5S/c1-21(11-14-5-6-17-18(10-14)26-8-7-25-17)19(22)13-27(23,24)12-15-3-2-4-16(20)9-15/h2-6,9-10H,7-8,11-13H2,1H3. The zero-order chi connectivity index (χ0) is 19.4. The third kappa shape index (κ3) is 5.46. The van der Waals surface area contributed by atoms with Crippen LogP contribution in [0.5, 0.6) is 11.5 Å². The highest BCUT2D eigenvalue weighted by molar-refractivity contribution is 9.10. The van der Waals surface area contributed by atoms with Crippen LogP contribution in [0.4, 0.5) is 0 Å². The summed E-state index contributed by atoms with van der Waals surface area (Å²) in [5.41, 5.74) is 1.49. The lowest BCUT2D eigenvalue weighted by Crippen LogP contribution is -2.32. The normalized spacial score (nSPS) is 13.3. The minimum absolute atomic E-state index is 0.171. The maximum absolute atomic E-state index is 12.4. The number of hydrogen-bond donors (Lipinski definition) is 0. The molecule has 8 heteroatoms. The number of hydrogen-bond acceptors (Lipinski definition) is 5. The highest BCUT2D eigenvalue weighted by atomic mass is 79.9. The summed E-state index contributed by atoms with van der Waals surface area (Å²) in [5, 5.41) is 0. The van der Waals surface area contributed by atoms with Crippen molar-refractivity contribution in [1.29, 1.82) is 0 Å². The fourth-order valence-electron chi connectivity index (χ4n) is 2.78. The Bertz CT molecular complexity index is 945. The summed E-state index contributed by atoms with van der Waals surface area (Å²) in [6.45, 7) is 1.29. The molecule has 3 rings (SSSR count). The van der Waals surface area contributed by atoms with Gasteiger partial charge in [-0.3, -0.25) is 4.79 Å². The Morgan fingerprint density at radius 1 is 1.07 bits per heavy atom. The predicted molar refractivity (Wildman–Crippen MR) is 106 cm³/mol. The third-order valence-electron chi connectivity index (χ3n) is 4.07. The van der Waals surface area contributed by atoms with E-state index in [-0.39, 0.29) is 5.75 Å². The lowest BCUT2D eigenvalue weighted by atomic mass is 10.2. The van der Waals surface area contributed by atoms with Gasteiger partial charge < -0.3 is 14.4 Å². The molecule has 1 heterocycles. The number of carbonyl (C=O) groups excluding carboxylic acids is 1. The molecule has 144 valence electrons. The molecule has 1 aliphatic heterocycles. The zero-order valence-corrected chi connectivity index (χ0v) is 17.3. The van der Waals surface area contributed by atoms with Crippen LogP contribution in [0.3, 0.4) is 0 Å². The minimum atomic E-state index is -3.56. The van der Waals surface area contributed by atoms with Crippen molar-refractivity contribution in [2.75, 3.05) is 26.0 Å². The van der Waals surface area contributed by atoms with Gasteiger partial charge in [-0.25, -0.2) is 8.42 Å². The van der Waals surface area contributed by atoms with Crippen LogP contribution >= 0.6 is 15.9 Å². The first-order valence-electron chi connectivity index (χ1n) is 8.40. The number of amides is 1. The number of benzene rings is 2. The van der Waals surface area contributed by atoms with E-state index in [2.05, 4.69) is 15.9 Å². The number of ether oxygens (including phenoxy) is 2. The first-order chi connectivity index (χ1) is 12.8. The minimum Gasteiger partial charge on any atom is -0.486 e. The molecule has 1 aliphatic rings. The number of carbonyl (C=O) groups is 1. The molecule has 27 heavy (non-hydrogen) atoms. The number of halogens is 1. The summed E-state index contributed by atoms with van der Waals surface area (Å²) >= 11 is 3.32. The number of nitrogens with zero attached hydrogens (tertiary/aromatic N) is 1. The molecule has 0 unspecified atom stereocenters. The Kier molecular flexibility index (Phi) is 6.06. The number of sulfone groups is 1. The molecule has 0 aliphatic carbocycles. The van der Waals surface area contributed by atoms with Crippen LogP contribution < -0.4 is 9.47 Å². The van der Waals surface area contributed by atoms with Crippen LogP contribution in [0.2, 0.25) is 0 Å². The monoisotopic (exact) mass is 453 g/mol. The van der Waals surface area contributed by atoms with Crippen LogP contribution in [0, 0.1) is 0 Å². The van der Waals surface area contributed by atoms with Gasteiger partial charge in [0.1, 0.15) is 19.0 Å². The fourth-order valence-corrected chi connectivity index (χ4v) is 4.61. The summed E-state index contributed by atoms with van der Waals surface area (Å²) in [4.78, 5) is 13.8. The second-order valence-corrected chi connectivity index (χ2v) is 9.37. The molecule has 0 saturated carbocycles. The van der Waals surface area contributed by atoms with E-state index in [1.54, 1.807) is 31.3 Å². The summed E-state index contributed by atoms with van der Waals surface area (Å²) in [7, 11) is -1.97. The number of rotatable bonds is 6. The summed E-state index contributed by atoms with van der Waals surface area (Å²) < 4.78 is 36.6. The Morgan fingerprint density at radius 2 is 1.81 bits per heavy atom. The van der Waals surface area contributed by atoms with Crippen molar-refractivity contribution in [3.8, 4) is 11.5 Å². The van der Waals surface area contributed by atoms with E-state index in [1.165, 1.54) is 4.90 Å². The van der Waals surface area contributed by atoms with E-state index in [0.717, 1.165) is 10.0 Å². The van der Waals surface area contributed by atoms with E-state index in [4.69, 9.17) is 9.47 Å². The molecule has 1 amide bonds. The van der Waals surface area contributed by atoms with Crippen LogP contribution in [-0.2, 0) is 26.9 Å². The van der Waals surface area contributed by atoms with Crippen LogP contribution in [-0.4, -0.2) is 45.2 Å². The van der Waals surface area contributed by atoms with E-state index in [9.17, 15) is 13.2 Å². The van der Waals surface area contributed by atoms with Gasteiger partial charge in [0.05, 0.1) is 5.75 Å². The predicted octanol–water partition coefficient (Wildman–Crippen LogP) is 2.79. The van der Waals surface area contributed by atoms with Gasteiger partial charge in [-0.1, -0.05) is 34.1 Å². The van der Waals surface area contributed by atoms with E-state index < -0.39 is 21.5 Å². The largest absolute Gasteiger partial charge is 0.486 e. The Morgan fingerprint density at radius 3 is 2.56 bits per heavy atom. The highest BCUT2D eigenvalue weighted by Gasteiger charge is 2.21.